The summed E-state index contributed by atoms with van der Waals surface area (Å²) >= 11 is 0. The molecule has 1 N–H and O–H groups in total. The Morgan fingerprint density at radius 1 is 1.00 bits per heavy atom. The minimum atomic E-state index is -0.351. The Bertz CT molecular complexity index is 505. The predicted octanol–water partition coefficient (Wildman–Crippen LogP) is 6.33. The SMILES string of the molecule is CCCCCCC1C(=O)CCC1c1ccc(C(O)CCCCC)cc1. The Morgan fingerprint density at radius 2 is 1.68 bits per heavy atom. The first-order chi connectivity index (χ1) is 12.2. The Balaban J connectivity index is 1.93. The number of hydrogen-bond donors (Lipinski definition) is 1. The molecule has 0 aromatic heterocycles. The molecule has 0 bridgehead atoms. The van der Waals surface area contributed by atoms with Crippen LogP contribution in [0.15, 0.2) is 24.3 Å². The van der Waals surface area contributed by atoms with Crippen LogP contribution < -0.4 is 0 Å². The quantitative estimate of drug-likeness (QED) is 0.476. The van der Waals surface area contributed by atoms with E-state index in [1.165, 1.54) is 44.1 Å². The van der Waals surface area contributed by atoms with Crippen LogP contribution in [0.4, 0.5) is 0 Å². The van der Waals surface area contributed by atoms with Crippen molar-refractivity contribution in [2.75, 3.05) is 0 Å². The van der Waals surface area contributed by atoms with E-state index in [0.717, 1.165) is 37.7 Å². The van der Waals surface area contributed by atoms with Gasteiger partial charge in [-0.05, 0) is 36.3 Å². The second kappa shape index (κ2) is 10.8. The molecule has 0 radical (unpaired) electrons. The molecule has 1 aromatic carbocycles. The topological polar surface area (TPSA) is 37.3 Å². The van der Waals surface area contributed by atoms with Gasteiger partial charge in [-0.3, -0.25) is 4.79 Å². The summed E-state index contributed by atoms with van der Waals surface area (Å²) in [5.74, 6) is 1.07. The van der Waals surface area contributed by atoms with Crippen molar-refractivity contribution < 1.29 is 9.90 Å². The third-order valence-electron chi connectivity index (χ3n) is 5.80. The summed E-state index contributed by atoms with van der Waals surface area (Å²) < 4.78 is 0. The predicted molar refractivity (Wildman–Crippen MR) is 105 cm³/mol. The minimum Gasteiger partial charge on any atom is -0.388 e. The molecule has 0 saturated heterocycles. The zero-order chi connectivity index (χ0) is 18.1. The lowest BCUT2D eigenvalue weighted by molar-refractivity contribution is -0.121. The summed E-state index contributed by atoms with van der Waals surface area (Å²) in [6.07, 6.45) is 11.7. The average molecular weight is 345 g/mol. The van der Waals surface area contributed by atoms with Crippen LogP contribution in [0.3, 0.4) is 0 Å². The van der Waals surface area contributed by atoms with Gasteiger partial charge >= 0.3 is 0 Å². The number of aliphatic hydroxyl groups excluding tert-OH is 1. The average Bonchev–Trinajstić information content (AvgIpc) is 3.00. The van der Waals surface area contributed by atoms with Gasteiger partial charge in [0.15, 0.2) is 0 Å². The number of benzene rings is 1. The van der Waals surface area contributed by atoms with E-state index in [-0.39, 0.29) is 12.0 Å². The number of ketones is 1. The minimum absolute atomic E-state index is 0.220. The van der Waals surface area contributed by atoms with Crippen molar-refractivity contribution in [1.82, 2.24) is 0 Å². The van der Waals surface area contributed by atoms with E-state index >= 15 is 0 Å². The fourth-order valence-corrected chi connectivity index (χ4v) is 4.18. The monoisotopic (exact) mass is 344 g/mol. The van der Waals surface area contributed by atoms with Crippen LogP contribution in [0, 0.1) is 5.92 Å². The summed E-state index contributed by atoms with van der Waals surface area (Å²) in [6, 6.07) is 8.45. The molecule has 0 spiro atoms. The van der Waals surface area contributed by atoms with Crippen LogP contribution in [0.2, 0.25) is 0 Å². The molecule has 3 unspecified atom stereocenters. The first-order valence-corrected chi connectivity index (χ1v) is 10.5. The van der Waals surface area contributed by atoms with E-state index in [0.29, 0.717) is 11.7 Å². The largest absolute Gasteiger partial charge is 0.388 e. The number of carbonyl (C=O) groups excluding carboxylic acids is 1. The van der Waals surface area contributed by atoms with Crippen LogP contribution in [0.5, 0.6) is 0 Å². The molecule has 1 fully saturated rings. The molecule has 1 aliphatic carbocycles. The molecule has 1 aromatic rings. The molecule has 1 aliphatic rings. The molecule has 0 amide bonds. The zero-order valence-electron chi connectivity index (χ0n) is 16.2. The van der Waals surface area contributed by atoms with Gasteiger partial charge in [-0.1, -0.05) is 83.1 Å². The third kappa shape index (κ3) is 5.95. The molecule has 0 aliphatic heterocycles. The smallest absolute Gasteiger partial charge is 0.136 e. The van der Waals surface area contributed by atoms with Crippen molar-refractivity contribution in [3.8, 4) is 0 Å². The molecule has 25 heavy (non-hydrogen) atoms. The molecule has 1 saturated carbocycles. The number of unbranched alkanes of at least 4 members (excludes halogenated alkanes) is 5. The van der Waals surface area contributed by atoms with Crippen molar-refractivity contribution in [2.45, 2.75) is 96.5 Å². The summed E-state index contributed by atoms with van der Waals surface area (Å²) in [5, 5.41) is 10.3. The maximum Gasteiger partial charge on any atom is 0.136 e. The van der Waals surface area contributed by atoms with Crippen molar-refractivity contribution in [3.05, 3.63) is 35.4 Å². The second-order valence-corrected chi connectivity index (χ2v) is 7.75. The lowest BCUT2D eigenvalue weighted by Crippen LogP contribution is -2.13. The number of rotatable bonds is 11. The van der Waals surface area contributed by atoms with Crippen LogP contribution in [0.1, 0.15) is 108 Å². The fraction of sp³-hybridized carbons (Fsp3) is 0.696. The molecule has 3 atom stereocenters. The van der Waals surface area contributed by atoms with E-state index in [1.807, 2.05) is 0 Å². The van der Waals surface area contributed by atoms with E-state index in [4.69, 9.17) is 0 Å². The zero-order valence-corrected chi connectivity index (χ0v) is 16.2. The first kappa shape index (κ1) is 20.2. The van der Waals surface area contributed by atoms with Crippen LogP contribution >= 0.6 is 0 Å². The number of carbonyl (C=O) groups is 1. The van der Waals surface area contributed by atoms with Gasteiger partial charge in [-0.25, -0.2) is 0 Å². The Labute approximate surface area is 154 Å². The van der Waals surface area contributed by atoms with Gasteiger partial charge < -0.3 is 5.11 Å². The van der Waals surface area contributed by atoms with Gasteiger partial charge in [0.1, 0.15) is 5.78 Å². The van der Waals surface area contributed by atoms with Crippen molar-refractivity contribution in [3.63, 3.8) is 0 Å². The molecular formula is C23H36O2. The molecule has 140 valence electrons. The highest BCUT2D eigenvalue weighted by Gasteiger charge is 2.34. The second-order valence-electron chi connectivity index (χ2n) is 7.75. The lowest BCUT2D eigenvalue weighted by atomic mass is 9.84. The summed E-state index contributed by atoms with van der Waals surface area (Å²) in [7, 11) is 0. The summed E-state index contributed by atoms with van der Waals surface area (Å²) in [5.41, 5.74) is 2.31. The normalized spacial score (nSPS) is 21.6. The number of aliphatic hydroxyl groups is 1. The lowest BCUT2D eigenvalue weighted by Gasteiger charge is -2.20. The van der Waals surface area contributed by atoms with Crippen LogP contribution in [-0.2, 0) is 4.79 Å². The van der Waals surface area contributed by atoms with Gasteiger partial charge in [0, 0.05) is 12.3 Å². The van der Waals surface area contributed by atoms with Gasteiger partial charge in [0.2, 0.25) is 0 Å². The maximum atomic E-state index is 12.3. The third-order valence-corrected chi connectivity index (χ3v) is 5.80. The van der Waals surface area contributed by atoms with Gasteiger partial charge in [0.05, 0.1) is 6.10 Å². The Morgan fingerprint density at radius 3 is 2.36 bits per heavy atom. The maximum absolute atomic E-state index is 12.3. The van der Waals surface area contributed by atoms with Gasteiger partial charge in [0.25, 0.3) is 0 Å². The highest BCUT2D eigenvalue weighted by atomic mass is 16.3. The van der Waals surface area contributed by atoms with E-state index in [2.05, 4.69) is 38.1 Å². The van der Waals surface area contributed by atoms with Gasteiger partial charge in [-0.2, -0.15) is 0 Å². The number of hydrogen-bond acceptors (Lipinski definition) is 2. The molecule has 2 rings (SSSR count). The Kier molecular flexibility index (Phi) is 8.67. The van der Waals surface area contributed by atoms with E-state index < -0.39 is 0 Å². The molecular weight excluding hydrogens is 308 g/mol. The summed E-state index contributed by atoms with van der Waals surface area (Å²) in [4.78, 5) is 12.3. The van der Waals surface area contributed by atoms with Crippen molar-refractivity contribution >= 4 is 5.78 Å². The van der Waals surface area contributed by atoms with Gasteiger partial charge in [-0.15, -0.1) is 0 Å². The first-order valence-electron chi connectivity index (χ1n) is 10.5. The standard InChI is InChI=1S/C23H36O2/c1-3-5-7-9-10-21-20(16-17-23(21)25)18-12-14-19(15-13-18)22(24)11-8-6-4-2/h12-15,20-22,24H,3-11,16-17H2,1-2H3. The fourth-order valence-electron chi connectivity index (χ4n) is 4.18. The summed E-state index contributed by atoms with van der Waals surface area (Å²) in [6.45, 7) is 4.41. The highest BCUT2D eigenvalue weighted by molar-refractivity contribution is 5.84. The van der Waals surface area contributed by atoms with Crippen LogP contribution in [-0.4, -0.2) is 10.9 Å². The highest BCUT2D eigenvalue weighted by Crippen LogP contribution is 2.40. The molecule has 2 nitrogen and oxygen atoms in total. The molecule has 2 heteroatoms. The van der Waals surface area contributed by atoms with Crippen molar-refractivity contribution in [2.24, 2.45) is 5.92 Å². The van der Waals surface area contributed by atoms with Crippen molar-refractivity contribution in [1.29, 1.82) is 0 Å². The number of Topliss-reactive ketones (excluding diaryl/α,β-unsaturated/α-hetero) is 1. The van der Waals surface area contributed by atoms with Crippen LogP contribution in [0.25, 0.3) is 0 Å². The van der Waals surface area contributed by atoms with E-state index in [1.54, 1.807) is 0 Å². The Hall–Kier alpha value is -1.15. The van der Waals surface area contributed by atoms with E-state index in [9.17, 15) is 9.90 Å². The molecule has 0 heterocycles.